The van der Waals surface area contributed by atoms with E-state index in [0.717, 1.165) is 0 Å². The van der Waals surface area contributed by atoms with E-state index in [2.05, 4.69) is 10.1 Å². The fraction of sp³-hybridized carbons (Fsp3) is 0.357. The van der Waals surface area contributed by atoms with Crippen molar-refractivity contribution in [3.8, 4) is 17.2 Å². The van der Waals surface area contributed by atoms with E-state index in [4.69, 9.17) is 18.7 Å². The van der Waals surface area contributed by atoms with Crippen LogP contribution in [0.15, 0.2) is 16.7 Å². The summed E-state index contributed by atoms with van der Waals surface area (Å²) in [6.07, 6.45) is 0. The predicted octanol–water partition coefficient (Wildman–Crippen LogP) is 2.18. The number of benzene rings is 1. The first-order valence-corrected chi connectivity index (χ1v) is 6.24. The van der Waals surface area contributed by atoms with Crippen molar-refractivity contribution in [2.75, 3.05) is 14.2 Å². The zero-order chi connectivity index (χ0) is 15.4. The van der Waals surface area contributed by atoms with E-state index in [1.807, 2.05) is 0 Å². The van der Waals surface area contributed by atoms with Gasteiger partial charge in [0.05, 0.1) is 14.2 Å². The Morgan fingerprint density at radius 1 is 1.24 bits per heavy atom. The van der Waals surface area contributed by atoms with Crippen molar-refractivity contribution in [1.29, 1.82) is 0 Å². The van der Waals surface area contributed by atoms with Crippen molar-refractivity contribution in [2.45, 2.75) is 20.5 Å². The number of ketones is 1. The Hall–Kier alpha value is -2.57. The third kappa shape index (κ3) is 3.31. The van der Waals surface area contributed by atoms with Crippen LogP contribution in [0.4, 0.5) is 0 Å². The molecule has 0 bridgehead atoms. The second-order valence-electron chi connectivity index (χ2n) is 4.28. The highest BCUT2D eigenvalue weighted by Gasteiger charge is 2.17. The van der Waals surface area contributed by atoms with Crippen LogP contribution in [0.5, 0.6) is 17.2 Å². The number of aromatic nitrogens is 2. The van der Waals surface area contributed by atoms with Gasteiger partial charge in [0, 0.05) is 12.5 Å². The van der Waals surface area contributed by atoms with Gasteiger partial charge < -0.3 is 18.7 Å². The standard InChI is InChI=1S/C14H16N2O5/c1-8(17)10-5-11(18-3)14(12(6-10)19-4)20-7-13-15-9(2)21-16-13/h5-6H,7H2,1-4H3. The normalized spacial score (nSPS) is 10.3. The van der Waals surface area contributed by atoms with E-state index >= 15 is 0 Å². The molecule has 0 N–H and O–H groups in total. The Bertz CT molecular complexity index is 626. The molecule has 7 heteroatoms. The number of hydrogen-bond donors (Lipinski definition) is 0. The maximum absolute atomic E-state index is 11.5. The topological polar surface area (TPSA) is 83.7 Å². The average molecular weight is 292 g/mol. The fourth-order valence-corrected chi connectivity index (χ4v) is 1.76. The van der Waals surface area contributed by atoms with Crippen molar-refractivity contribution in [2.24, 2.45) is 0 Å². The highest BCUT2D eigenvalue weighted by atomic mass is 16.5. The van der Waals surface area contributed by atoms with Crippen LogP contribution < -0.4 is 14.2 Å². The molecule has 2 aromatic rings. The molecule has 0 saturated heterocycles. The van der Waals surface area contributed by atoms with Crippen molar-refractivity contribution in [1.82, 2.24) is 10.1 Å². The molecule has 1 aromatic carbocycles. The van der Waals surface area contributed by atoms with Crippen LogP contribution >= 0.6 is 0 Å². The number of carbonyl (C=O) groups excluding carboxylic acids is 1. The second kappa shape index (κ2) is 6.25. The van der Waals surface area contributed by atoms with Crippen LogP contribution in [0, 0.1) is 6.92 Å². The second-order valence-corrected chi connectivity index (χ2v) is 4.28. The van der Waals surface area contributed by atoms with Gasteiger partial charge >= 0.3 is 0 Å². The smallest absolute Gasteiger partial charge is 0.223 e. The summed E-state index contributed by atoms with van der Waals surface area (Å²) in [5, 5.41) is 3.74. The summed E-state index contributed by atoms with van der Waals surface area (Å²) in [5.41, 5.74) is 0.478. The molecule has 0 aliphatic carbocycles. The molecule has 0 aliphatic rings. The number of methoxy groups -OCH3 is 2. The van der Waals surface area contributed by atoms with Crippen molar-refractivity contribution < 1.29 is 23.5 Å². The summed E-state index contributed by atoms with van der Waals surface area (Å²) in [6, 6.07) is 3.20. The zero-order valence-corrected chi connectivity index (χ0v) is 12.3. The van der Waals surface area contributed by atoms with Gasteiger partial charge in [-0.05, 0) is 19.1 Å². The lowest BCUT2D eigenvalue weighted by molar-refractivity contribution is 0.101. The fourth-order valence-electron chi connectivity index (χ4n) is 1.76. The van der Waals surface area contributed by atoms with E-state index in [1.165, 1.54) is 21.1 Å². The van der Waals surface area contributed by atoms with Crippen LogP contribution in [0.1, 0.15) is 29.0 Å². The Kier molecular flexibility index (Phi) is 4.42. The Balaban J connectivity index is 2.30. The summed E-state index contributed by atoms with van der Waals surface area (Å²) in [7, 11) is 2.98. The first-order valence-electron chi connectivity index (χ1n) is 6.24. The highest BCUT2D eigenvalue weighted by molar-refractivity contribution is 5.95. The van der Waals surface area contributed by atoms with Gasteiger partial charge in [-0.3, -0.25) is 4.79 Å². The van der Waals surface area contributed by atoms with Crippen LogP contribution in [-0.2, 0) is 6.61 Å². The van der Waals surface area contributed by atoms with Gasteiger partial charge in [0.2, 0.25) is 17.5 Å². The number of rotatable bonds is 6. The number of carbonyl (C=O) groups is 1. The van der Waals surface area contributed by atoms with Crippen LogP contribution in [0.2, 0.25) is 0 Å². The molecule has 0 radical (unpaired) electrons. The maximum Gasteiger partial charge on any atom is 0.223 e. The highest BCUT2D eigenvalue weighted by Crippen LogP contribution is 2.39. The maximum atomic E-state index is 11.5. The molecule has 21 heavy (non-hydrogen) atoms. The Morgan fingerprint density at radius 2 is 1.86 bits per heavy atom. The van der Waals surface area contributed by atoms with Crippen LogP contribution in [-0.4, -0.2) is 30.1 Å². The summed E-state index contributed by atoms with van der Waals surface area (Å²) in [5.74, 6) is 1.96. The summed E-state index contributed by atoms with van der Waals surface area (Å²) in [6.45, 7) is 3.26. The van der Waals surface area contributed by atoms with Gasteiger partial charge in [0.1, 0.15) is 0 Å². The summed E-state index contributed by atoms with van der Waals surface area (Å²) in [4.78, 5) is 15.5. The molecule has 7 nitrogen and oxygen atoms in total. The van der Waals surface area contributed by atoms with Gasteiger partial charge in [-0.2, -0.15) is 4.98 Å². The van der Waals surface area contributed by atoms with Gasteiger partial charge in [0.25, 0.3) is 0 Å². The van der Waals surface area contributed by atoms with E-state index in [9.17, 15) is 4.79 Å². The molecule has 0 saturated carbocycles. The molecule has 0 amide bonds. The molecule has 1 aromatic heterocycles. The van der Waals surface area contributed by atoms with Crippen LogP contribution in [0.3, 0.4) is 0 Å². The minimum Gasteiger partial charge on any atom is -0.493 e. The van der Waals surface area contributed by atoms with Crippen molar-refractivity contribution in [3.05, 3.63) is 29.4 Å². The van der Waals surface area contributed by atoms with E-state index in [1.54, 1.807) is 19.1 Å². The first kappa shape index (κ1) is 14.8. The number of ether oxygens (including phenoxy) is 3. The largest absolute Gasteiger partial charge is 0.493 e. The molecule has 0 aliphatic heterocycles. The third-order valence-corrected chi connectivity index (χ3v) is 2.78. The van der Waals surface area contributed by atoms with Crippen LogP contribution in [0.25, 0.3) is 0 Å². The molecule has 0 fully saturated rings. The quantitative estimate of drug-likeness (QED) is 0.754. The molecule has 112 valence electrons. The van der Waals surface area contributed by atoms with Crippen molar-refractivity contribution >= 4 is 5.78 Å². The van der Waals surface area contributed by atoms with Gasteiger partial charge in [-0.1, -0.05) is 5.16 Å². The Labute approximate surface area is 121 Å². The average Bonchev–Trinajstić information content (AvgIpc) is 2.89. The van der Waals surface area contributed by atoms with Crippen molar-refractivity contribution in [3.63, 3.8) is 0 Å². The van der Waals surface area contributed by atoms with E-state index < -0.39 is 0 Å². The van der Waals surface area contributed by atoms with Gasteiger partial charge in [0.15, 0.2) is 23.9 Å². The molecule has 0 spiro atoms. The molecule has 0 unspecified atom stereocenters. The van der Waals surface area contributed by atoms with Gasteiger partial charge in [-0.15, -0.1) is 0 Å². The number of aryl methyl sites for hydroxylation is 1. The SMILES string of the molecule is COc1cc(C(C)=O)cc(OC)c1OCc1noc(C)n1. The number of Topliss-reactive ketones (excluding diaryl/α,β-unsaturated/α-hetero) is 1. The predicted molar refractivity (Wildman–Crippen MR) is 72.9 cm³/mol. The molecule has 1 heterocycles. The minimum absolute atomic E-state index is 0.0908. The monoisotopic (exact) mass is 292 g/mol. The number of nitrogens with zero attached hydrogens (tertiary/aromatic N) is 2. The first-order chi connectivity index (χ1) is 10.0. The Morgan fingerprint density at radius 3 is 2.29 bits per heavy atom. The summed E-state index contributed by atoms with van der Waals surface area (Å²) < 4.78 is 21.0. The van der Waals surface area contributed by atoms with Gasteiger partial charge in [-0.25, -0.2) is 0 Å². The molecule has 0 atom stereocenters. The van der Waals surface area contributed by atoms with E-state index in [0.29, 0.717) is 34.5 Å². The molecular weight excluding hydrogens is 276 g/mol. The zero-order valence-electron chi connectivity index (χ0n) is 12.3. The lowest BCUT2D eigenvalue weighted by Crippen LogP contribution is -2.03. The molecular formula is C14H16N2O5. The lowest BCUT2D eigenvalue weighted by Gasteiger charge is -2.14. The summed E-state index contributed by atoms with van der Waals surface area (Å²) >= 11 is 0. The lowest BCUT2D eigenvalue weighted by atomic mass is 10.1. The molecule has 2 rings (SSSR count). The van der Waals surface area contributed by atoms with E-state index in [-0.39, 0.29) is 12.4 Å². The minimum atomic E-state index is -0.0908. The number of hydrogen-bond acceptors (Lipinski definition) is 7. The third-order valence-electron chi connectivity index (χ3n) is 2.78.